The largest absolute Gasteiger partial charge is 0.374 e. The fraction of sp³-hybridized carbons (Fsp3) is 0.444. The lowest BCUT2D eigenvalue weighted by molar-refractivity contribution is -0.130. The summed E-state index contributed by atoms with van der Waals surface area (Å²) < 4.78 is 0. The fourth-order valence-electron chi connectivity index (χ4n) is 1.49. The van der Waals surface area contributed by atoms with Gasteiger partial charge in [-0.3, -0.25) is 14.5 Å². The van der Waals surface area contributed by atoms with Gasteiger partial charge < -0.3 is 16.4 Å². The Morgan fingerprint density at radius 1 is 1.47 bits per heavy atom. The van der Waals surface area contributed by atoms with Gasteiger partial charge in [0, 0.05) is 13.0 Å². The summed E-state index contributed by atoms with van der Waals surface area (Å²) in [4.78, 5) is 34.9. The molecule has 19 heavy (non-hydrogen) atoms. The monoisotopic (exact) mass is 284 g/mol. The highest BCUT2D eigenvalue weighted by Gasteiger charge is 2.29. The maximum absolute atomic E-state index is 11.5. The van der Waals surface area contributed by atoms with E-state index in [1.165, 1.54) is 11.3 Å². The van der Waals surface area contributed by atoms with Gasteiger partial charge in [-0.1, -0.05) is 11.3 Å². The third-order valence-corrected chi connectivity index (χ3v) is 3.19. The topological polar surface area (TPSA) is 130 Å². The van der Waals surface area contributed by atoms with E-state index < -0.39 is 17.8 Å². The molecule has 0 radical (unpaired) electrons. The van der Waals surface area contributed by atoms with Crippen LogP contribution in [0.25, 0.3) is 0 Å². The first-order chi connectivity index (χ1) is 9.06. The normalized spacial score (nSPS) is 14.6. The standard InChI is InChI=1S/C9H12N6O3S/c10-8-14-13-6(19-8)1-2-11-5(16)4-15-7(17)3-12-9(15)18/h1-4H2,(H2,10,14)(H,11,16)(H,12,18). The Bertz CT molecular complexity index is 500. The number of aromatic nitrogens is 2. The van der Waals surface area contributed by atoms with Gasteiger partial charge >= 0.3 is 6.03 Å². The Labute approximate surface area is 112 Å². The van der Waals surface area contributed by atoms with Crippen LogP contribution in [0.15, 0.2) is 0 Å². The minimum absolute atomic E-state index is 0.0594. The first kappa shape index (κ1) is 13.2. The van der Waals surface area contributed by atoms with E-state index in [0.717, 1.165) is 4.90 Å². The molecule has 0 atom stereocenters. The number of nitrogen functional groups attached to an aromatic ring is 1. The van der Waals surface area contributed by atoms with E-state index in [2.05, 4.69) is 20.8 Å². The lowest BCUT2D eigenvalue weighted by atomic mass is 10.4. The maximum atomic E-state index is 11.5. The highest BCUT2D eigenvalue weighted by Crippen LogP contribution is 2.10. The SMILES string of the molecule is Nc1nnc(CCNC(=O)CN2C(=O)CNC2=O)s1. The van der Waals surface area contributed by atoms with Crippen molar-refractivity contribution in [3.8, 4) is 0 Å². The van der Waals surface area contributed by atoms with Crippen LogP contribution < -0.4 is 16.4 Å². The van der Waals surface area contributed by atoms with Gasteiger partial charge in [-0.15, -0.1) is 10.2 Å². The molecule has 1 saturated heterocycles. The lowest BCUT2D eigenvalue weighted by Gasteiger charge is -2.11. The smallest absolute Gasteiger partial charge is 0.325 e. The van der Waals surface area contributed by atoms with Crippen molar-refractivity contribution in [3.63, 3.8) is 0 Å². The van der Waals surface area contributed by atoms with Crippen LogP contribution in [0.5, 0.6) is 0 Å². The number of anilines is 1. The molecule has 0 aliphatic carbocycles. The highest BCUT2D eigenvalue weighted by molar-refractivity contribution is 7.15. The molecule has 1 aliphatic heterocycles. The van der Waals surface area contributed by atoms with E-state index in [1.54, 1.807) is 0 Å². The van der Waals surface area contributed by atoms with E-state index in [0.29, 0.717) is 23.1 Å². The van der Waals surface area contributed by atoms with Crippen molar-refractivity contribution in [1.82, 2.24) is 25.7 Å². The molecule has 0 bridgehead atoms. The van der Waals surface area contributed by atoms with Crippen molar-refractivity contribution in [2.24, 2.45) is 0 Å². The molecular formula is C9H12N6O3S. The first-order valence-corrected chi connectivity index (χ1v) is 6.30. The highest BCUT2D eigenvalue weighted by atomic mass is 32.1. The molecule has 2 rings (SSSR count). The first-order valence-electron chi connectivity index (χ1n) is 5.49. The van der Waals surface area contributed by atoms with Crippen molar-refractivity contribution in [1.29, 1.82) is 0 Å². The molecule has 1 aromatic heterocycles. The predicted molar refractivity (Wildman–Crippen MR) is 66.1 cm³/mol. The summed E-state index contributed by atoms with van der Waals surface area (Å²) >= 11 is 1.25. The second-order valence-corrected chi connectivity index (χ2v) is 4.87. The summed E-state index contributed by atoms with van der Waals surface area (Å²) in [5.74, 6) is -0.806. The molecule has 1 aliphatic rings. The number of carbonyl (C=O) groups is 3. The summed E-state index contributed by atoms with van der Waals surface area (Å²) in [5, 5.41) is 13.5. The quantitative estimate of drug-likeness (QED) is 0.554. The summed E-state index contributed by atoms with van der Waals surface area (Å²) in [6, 6.07) is -0.544. The molecule has 2 heterocycles. The molecule has 1 aromatic rings. The summed E-state index contributed by atoms with van der Waals surface area (Å²) in [5.41, 5.74) is 5.42. The van der Waals surface area contributed by atoms with Gasteiger partial charge in [0.2, 0.25) is 11.0 Å². The summed E-state index contributed by atoms with van der Waals surface area (Å²) in [6.45, 7) is 0.0101. The van der Waals surface area contributed by atoms with Crippen molar-refractivity contribution in [2.75, 3.05) is 25.4 Å². The van der Waals surface area contributed by atoms with Crippen molar-refractivity contribution in [2.45, 2.75) is 6.42 Å². The van der Waals surface area contributed by atoms with Crippen LogP contribution >= 0.6 is 11.3 Å². The Morgan fingerprint density at radius 3 is 2.84 bits per heavy atom. The van der Waals surface area contributed by atoms with Crippen LogP contribution in [0.4, 0.5) is 9.93 Å². The average molecular weight is 284 g/mol. The van der Waals surface area contributed by atoms with E-state index in [4.69, 9.17) is 5.73 Å². The number of nitrogens with two attached hydrogens (primary N) is 1. The van der Waals surface area contributed by atoms with Gasteiger partial charge in [0.1, 0.15) is 11.6 Å². The fourth-order valence-corrected chi connectivity index (χ4v) is 2.10. The summed E-state index contributed by atoms with van der Waals surface area (Å²) in [6.07, 6.45) is 0.501. The number of imide groups is 1. The third kappa shape index (κ3) is 3.37. The van der Waals surface area contributed by atoms with Crippen LogP contribution in [-0.2, 0) is 16.0 Å². The minimum Gasteiger partial charge on any atom is -0.374 e. The second-order valence-electron chi connectivity index (χ2n) is 3.77. The Hall–Kier alpha value is -2.23. The van der Waals surface area contributed by atoms with E-state index >= 15 is 0 Å². The van der Waals surface area contributed by atoms with Gasteiger partial charge in [0.15, 0.2) is 0 Å². The second kappa shape index (κ2) is 5.61. The molecule has 0 saturated carbocycles. The van der Waals surface area contributed by atoms with Gasteiger partial charge in [-0.25, -0.2) is 4.79 Å². The van der Waals surface area contributed by atoms with Gasteiger partial charge in [0.25, 0.3) is 5.91 Å². The van der Waals surface area contributed by atoms with E-state index in [1.807, 2.05) is 0 Å². The molecule has 1 fully saturated rings. The molecular weight excluding hydrogens is 272 g/mol. The number of amides is 4. The van der Waals surface area contributed by atoms with E-state index in [-0.39, 0.29) is 13.1 Å². The summed E-state index contributed by atoms with van der Waals surface area (Å²) in [7, 11) is 0. The zero-order chi connectivity index (χ0) is 13.8. The number of urea groups is 1. The van der Waals surface area contributed by atoms with Crippen LogP contribution in [0, 0.1) is 0 Å². The number of hydrogen-bond acceptors (Lipinski definition) is 7. The van der Waals surface area contributed by atoms with E-state index in [9.17, 15) is 14.4 Å². The zero-order valence-corrected chi connectivity index (χ0v) is 10.7. The molecule has 10 heteroatoms. The minimum atomic E-state index is -0.544. The third-order valence-electron chi connectivity index (χ3n) is 2.38. The number of hydrogen-bond donors (Lipinski definition) is 3. The maximum Gasteiger partial charge on any atom is 0.325 e. The van der Waals surface area contributed by atoms with Crippen LogP contribution in [0.2, 0.25) is 0 Å². The molecule has 0 unspecified atom stereocenters. The Balaban J connectivity index is 1.73. The molecule has 4 amide bonds. The number of nitrogens with zero attached hydrogens (tertiary/aromatic N) is 3. The Kier molecular flexibility index (Phi) is 3.90. The van der Waals surface area contributed by atoms with Gasteiger partial charge in [-0.2, -0.15) is 0 Å². The number of nitrogens with one attached hydrogen (secondary N) is 2. The molecule has 102 valence electrons. The van der Waals surface area contributed by atoms with Crippen LogP contribution in [-0.4, -0.2) is 52.6 Å². The zero-order valence-electron chi connectivity index (χ0n) is 9.88. The molecule has 0 aromatic carbocycles. The predicted octanol–water partition coefficient (Wildman–Crippen LogP) is -1.67. The molecule has 9 nitrogen and oxygen atoms in total. The lowest BCUT2D eigenvalue weighted by Crippen LogP contribution is -2.41. The van der Waals surface area contributed by atoms with Crippen LogP contribution in [0.1, 0.15) is 5.01 Å². The van der Waals surface area contributed by atoms with Crippen molar-refractivity contribution < 1.29 is 14.4 Å². The molecule has 4 N–H and O–H groups in total. The Morgan fingerprint density at radius 2 is 2.26 bits per heavy atom. The van der Waals surface area contributed by atoms with Crippen LogP contribution in [0.3, 0.4) is 0 Å². The van der Waals surface area contributed by atoms with Crippen molar-refractivity contribution in [3.05, 3.63) is 5.01 Å². The number of carbonyl (C=O) groups excluding carboxylic acids is 3. The van der Waals surface area contributed by atoms with Gasteiger partial charge in [-0.05, 0) is 0 Å². The average Bonchev–Trinajstić information content (AvgIpc) is 2.90. The van der Waals surface area contributed by atoms with Crippen molar-refractivity contribution >= 4 is 34.3 Å². The number of rotatable bonds is 5. The van der Waals surface area contributed by atoms with Gasteiger partial charge in [0.05, 0.1) is 6.54 Å². The molecule has 0 spiro atoms.